The highest BCUT2D eigenvalue weighted by molar-refractivity contribution is 7.71. The van der Waals surface area contributed by atoms with Crippen LogP contribution >= 0.6 is 7.14 Å². The molecule has 0 amide bonds. The Balaban J connectivity index is 1.15. The summed E-state index contributed by atoms with van der Waals surface area (Å²) in [5.41, 5.74) is 6.15. The number of hydrogen-bond acceptors (Lipinski definition) is 11. The molecule has 3 aliphatic rings. The van der Waals surface area contributed by atoms with Crippen LogP contribution in [-0.4, -0.2) is 103 Å². The first-order valence-corrected chi connectivity index (χ1v) is 20.0. The summed E-state index contributed by atoms with van der Waals surface area (Å²) in [7, 11) is 1.19. The molecule has 1 saturated carbocycles. The molecule has 11 nitrogen and oxygen atoms in total. The van der Waals surface area contributed by atoms with E-state index < -0.39 is 7.14 Å². The third-order valence-electron chi connectivity index (χ3n) is 10.2. The Bertz CT molecular complexity index is 1880. The summed E-state index contributed by atoms with van der Waals surface area (Å²) in [5, 5.41) is 7.53. The van der Waals surface area contributed by atoms with Gasteiger partial charge in [-0.2, -0.15) is 4.98 Å². The van der Waals surface area contributed by atoms with Gasteiger partial charge in [-0.1, -0.05) is 12.7 Å². The van der Waals surface area contributed by atoms with Crippen molar-refractivity contribution in [2.24, 2.45) is 5.92 Å². The van der Waals surface area contributed by atoms with E-state index in [-0.39, 0.29) is 0 Å². The molecule has 0 unspecified atom stereocenters. The van der Waals surface area contributed by atoms with Crippen LogP contribution in [0.2, 0.25) is 0 Å². The largest absolute Gasteiger partial charge is 0.494 e. The quantitative estimate of drug-likeness (QED) is 0.183. The van der Waals surface area contributed by atoms with Crippen LogP contribution in [-0.2, 0) is 11.0 Å². The van der Waals surface area contributed by atoms with Crippen molar-refractivity contribution in [2.45, 2.75) is 38.1 Å². The van der Waals surface area contributed by atoms with Gasteiger partial charge in [0.25, 0.3) is 0 Å². The Labute approximate surface area is 289 Å². The average Bonchev–Trinajstić information content (AvgIpc) is 3.92. The maximum atomic E-state index is 13.5. The molecule has 0 spiro atoms. The fraction of sp³-hybridized carbons (Fsp3) is 0.459. The SMILES string of the molecule is C=Cc1cnc(Nc2cc(CC3CC3)c(N3CCC(N4CCN(C)CC4)CC3)cc2OC)nc1Nc1ccc2nccnc2c1P(C)(C)=O. The number of nitrogens with zero attached hydrogens (tertiary/aromatic N) is 7. The van der Waals surface area contributed by atoms with Gasteiger partial charge < -0.3 is 29.7 Å². The molecule has 12 heteroatoms. The molecule has 2 aromatic carbocycles. The van der Waals surface area contributed by atoms with E-state index in [1.165, 1.54) is 50.0 Å². The van der Waals surface area contributed by atoms with E-state index in [1.807, 2.05) is 12.1 Å². The summed E-state index contributed by atoms with van der Waals surface area (Å²) in [4.78, 5) is 26.2. The number of rotatable bonds is 11. The molecular formula is C37H48N9O2P. The molecule has 2 aromatic heterocycles. The monoisotopic (exact) mass is 681 g/mol. The second kappa shape index (κ2) is 14.1. The lowest BCUT2D eigenvalue weighted by Gasteiger charge is -2.43. The second-order valence-corrected chi connectivity index (χ2v) is 17.2. The number of anilines is 5. The van der Waals surface area contributed by atoms with E-state index >= 15 is 0 Å². The topological polar surface area (TPSA) is 112 Å². The fourth-order valence-electron chi connectivity index (χ4n) is 7.25. The molecule has 1 aliphatic carbocycles. The Morgan fingerprint density at radius 3 is 2.41 bits per heavy atom. The van der Waals surface area contributed by atoms with Crippen LogP contribution in [0, 0.1) is 5.92 Å². The van der Waals surface area contributed by atoms with Crippen molar-refractivity contribution in [3.8, 4) is 5.75 Å². The standard InChI is InChI=1S/C37H48N9O2P/c1-6-26-24-40-37(43-36(26)41-30-10-9-29-34(39-14-13-38-29)35(30)49(4,5)47)42-31-22-27(21-25-7-8-25)32(23-33(31)48-3)46-15-11-28(12-16-46)45-19-17-44(2)18-20-45/h6,9-10,13-14,22-25,28H,1,7-8,11-12,15-21H2,2-5H3,(H2,40,41,42,43). The third-order valence-corrected chi connectivity index (χ3v) is 11.7. The molecule has 2 aliphatic heterocycles. The molecule has 0 radical (unpaired) electrons. The maximum Gasteiger partial charge on any atom is 0.229 e. The lowest BCUT2D eigenvalue weighted by Crippen LogP contribution is -2.52. The Morgan fingerprint density at radius 2 is 1.71 bits per heavy atom. The smallest absolute Gasteiger partial charge is 0.229 e. The van der Waals surface area contributed by atoms with Crippen LogP contribution < -0.4 is 25.6 Å². The predicted octanol–water partition coefficient (Wildman–Crippen LogP) is 5.98. The third kappa shape index (κ3) is 7.44. The second-order valence-electron chi connectivity index (χ2n) is 14.1. The summed E-state index contributed by atoms with van der Waals surface area (Å²) in [6.45, 7) is 14.2. The molecule has 258 valence electrons. The number of nitrogens with one attached hydrogen (secondary N) is 2. The van der Waals surface area contributed by atoms with E-state index in [4.69, 9.17) is 9.72 Å². The number of likely N-dealkylation sites (N-methyl/N-ethyl adjacent to an activating group) is 1. The first kappa shape index (κ1) is 33.4. The number of ether oxygens (including phenoxy) is 1. The van der Waals surface area contributed by atoms with Crippen molar-refractivity contribution in [3.63, 3.8) is 0 Å². The zero-order valence-electron chi connectivity index (χ0n) is 29.2. The van der Waals surface area contributed by atoms with E-state index in [1.54, 1.807) is 45.1 Å². The van der Waals surface area contributed by atoms with Gasteiger partial charge >= 0.3 is 0 Å². The molecule has 4 aromatic rings. The lowest BCUT2D eigenvalue weighted by atomic mass is 9.98. The average molecular weight is 682 g/mol. The van der Waals surface area contributed by atoms with Crippen molar-refractivity contribution in [1.29, 1.82) is 0 Å². The van der Waals surface area contributed by atoms with Crippen LogP contribution in [0.3, 0.4) is 0 Å². The molecular weight excluding hydrogens is 633 g/mol. The van der Waals surface area contributed by atoms with Gasteiger partial charge in [0.1, 0.15) is 24.2 Å². The van der Waals surface area contributed by atoms with Crippen molar-refractivity contribution in [1.82, 2.24) is 29.7 Å². The fourth-order valence-corrected chi connectivity index (χ4v) is 8.64. The summed E-state index contributed by atoms with van der Waals surface area (Å²) >= 11 is 0. The summed E-state index contributed by atoms with van der Waals surface area (Å²) < 4.78 is 19.5. The molecule has 3 fully saturated rings. The molecule has 4 heterocycles. The highest BCUT2D eigenvalue weighted by Gasteiger charge is 2.30. The van der Waals surface area contributed by atoms with Gasteiger partial charge in [-0.3, -0.25) is 14.9 Å². The molecule has 2 N–H and O–H groups in total. The zero-order chi connectivity index (χ0) is 34.1. The van der Waals surface area contributed by atoms with Gasteiger partial charge in [0.2, 0.25) is 5.95 Å². The summed E-state index contributed by atoms with van der Waals surface area (Å²) in [6.07, 6.45) is 12.7. The predicted molar refractivity (Wildman–Crippen MR) is 201 cm³/mol. The van der Waals surface area contributed by atoms with E-state index in [9.17, 15) is 4.57 Å². The van der Waals surface area contributed by atoms with E-state index in [0.717, 1.165) is 55.5 Å². The van der Waals surface area contributed by atoms with Gasteiger partial charge in [-0.15, -0.1) is 0 Å². The Kier molecular flexibility index (Phi) is 9.59. The Hall–Kier alpha value is -4.05. The van der Waals surface area contributed by atoms with Crippen molar-refractivity contribution < 1.29 is 9.30 Å². The van der Waals surface area contributed by atoms with Gasteiger partial charge in [-0.05, 0) is 82.2 Å². The van der Waals surface area contributed by atoms with Crippen LogP contribution in [0.4, 0.5) is 28.8 Å². The van der Waals surface area contributed by atoms with Crippen molar-refractivity contribution in [2.75, 3.05) is 82.3 Å². The number of hydrogen-bond donors (Lipinski definition) is 2. The normalized spacial score (nSPS) is 18.1. The number of fused-ring (bicyclic) bond motifs is 1. The number of piperazine rings is 1. The minimum Gasteiger partial charge on any atom is -0.494 e. The highest BCUT2D eigenvalue weighted by atomic mass is 31.2. The van der Waals surface area contributed by atoms with E-state index in [0.29, 0.717) is 39.8 Å². The van der Waals surface area contributed by atoms with E-state index in [2.05, 4.69) is 66.0 Å². The van der Waals surface area contributed by atoms with Gasteiger partial charge in [0.15, 0.2) is 0 Å². The molecule has 2 saturated heterocycles. The maximum absolute atomic E-state index is 13.5. The lowest BCUT2D eigenvalue weighted by molar-refractivity contribution is 0.0982. The minimum absolute atomic E-state index is 0.419. The van der Waals surface area contributed by atoms with Crippen molar-refractivity contribution in [3.05, 3.63) is 60.6 Å². The van der Waals surface area contributed by atoms with Gasteiger partial charge in [-0.25, -0.2) is 4.98 Å². The number of benzene rings is 2. The van der Waals surface area contributed by atoms with Crippen molar-refractivity contribution >= 4 is 58.4 Å². The van der Waals surface area contributed by atoms with Crippen LogP contribution in [0.25, 0.3) is 17.1 Å². The number of methoxy groups -OCH3 is 1. The molecule has 49 heavy (non-hydrogen) atoms. The molecule has 7 rings (SSSR count). The molecule has 0 bridgehead atoms. The van der Waals surface area contributed by atoms with Crippen LogP contribution in [0.15, 0.2) is 49.4 Å². The van der Waals surface area contributed by atoms with Gasteiger partial charge in [0.05, 0.1) is 29.3 Å². The highest BCUT2D eigenvalue weighted by Crippen LogP contribution is 2.43. The minimum atomic E-state index is -2.76. The molecule has 0 atom stereocenters. The number of piperidine rings is 1. The zero-order valence-corrected chi connectivity index (χ0v) is 30.0. The van der Waals surface area contributed by atoms with Crippen LogP contribution in [0.1, 0.15) is 36.8 Å². The van der Waals surface area contributed by atoms with Gasteiger partial charge in [0, 0.05) is 81.2 Å². The first-order chi connectivity index (χ1) is 23.7. The summed E-state index contributed by atoms with van der Waals surface area (Å²) in [6, 6.07) is 8.87. The first-order valence-electron chi connectivity index (χ1n) is 17.4. The van der Waals surface area contributed by atoms with Crippen LogP contribution in [0.5, 0.6) is 5.75 Å². The Morgan fingerprint density at radius 1 is 0.959 bits per heavy atom. The summed E-state index contributed by atoms with van der Waals surface area (Å²) in [5.74, 6) is 2.45. The number of aromatic nitrogens is 4.